The second-order valence-corrected chi connectivity index (χ2v) is 9.53. The first-order valence-electron chi connectivity index (χ1n) is 10.0. The molecule has 1 spiro atoms. The largest absolute Gasteiger partial charge is 0.326 e. The van der Waals surface area contributed by atoms with Crippen molar-refractivity contribution in [3.63, 3.8) is 0 Å². The lowest BCUT2D eigenvalue weighted by atomic mass is 9.77. The number of urea groups is 1. The van der Waals surface area contributed by atoms with Gasteiger partial charge in [-0.05, 0) is 55.2 Å². The molecule has 1 aliphatic heterocycles. The summed E-state index contributed by atoms with van der Waals surface area (Å²) in [5.41, 5.74) is 1.96. The van der Waals surface area contributed by atoms with Gasteiger partial charge in [0.25, 0.3) is 5.91 Å². The summed E-state index contributed by atoms with van der Waals surface area (Å²) in [6.07, 6.45) is 3.51. The molecule has 0 bridgehead atoms. The van der Waals surface area contributed by atoms with Crippen molar-refractivity contribution < 1.29 is 9.59 Å². The first kappa shape index (κ1) is 19.9. The van der Waals surface area contributed by atoms with Crippen LogP contribution in [0.2, 0.25) is 0 Å². The Morgan fingerprint density at radius 3 is 2.30 bits per heavy atom. The van der Waals surface area contributed by atoms with E-state index >= 15 is 0 Å². The Kier molecular flexibility index (Phi) is 5.35. The van der Waals surface area contributed by atoms with Crippen molar-refractivity contribution in [2.24, 2.45) is 5.92 Å². The molecule has 1 saturated carbocycles. The standard InChI is InChI=1S/C22H33N3O2/c1-16-10-12-22(13-11-16)19(26)25(20(27)23-22)15-24(5)14-17-6-8-18(9-7-17)21(2,3)4/h6-9,16H,10-15H2,1-5H3,(H,23,27). The van der Waals surface area contributed by atoms with Crippen LogP contribution in [0, 0.1) is 5.92 Å². The van der Waals surface area contributed by atoms with Gasteiger partial charge in [-0.25, -0.2) is 9.69 Å². The Morgan fingerprint density at radius 2 is 1.74 bits per heavy atom. The first-order chi connectivity index (χ1) is 12.6. The number of nitrogens with one attached hydrogen (secondary N) is 1. The molecule has 3 rings (SSSR count). The average Bonchev–Trinajstić information content (AvgIpc) is 2.82. The zero-order valence-electron chi connectivity index (χ0n) is 17.3. The molecule has 1 heterocycles. The molecule has 2 aliphatic rings. The number of nitrogens with zero attached hydrogens (tertiary/aromatic N) is 2. The molecule has 1 aliphatic carbocycles. The van der Waals surface area contributed by atoms with Crippen LogP contribution in [0.1, 0.15) is 64.5 Å². The van der Waals surface area contributed by atoms with Crippen LogP contribution in [0.4, 0.5) is 4.79 Å². The van der Waals surface area contributed by atoms with Crippen LogP contribution in [0.3, 0.4) is 0 Å². The Labute approximate surface area is 163 Å². The predicted molar refractivity (Wildman–Crippen MR) is 107 cm³/mol. The fraction of sp³-hybridized carbons (Fsp3) is 0.636. The quantitative estimate of drug-likeness (QED) is 0.818. The Bertz CT molecular complexity index is 697. The van der Waals surface area contributed by atoms with Gasteiger partial charge in [-0.3, -0.25) is 9.69 Å². The van der Waals surface area contributed by atoms with E-state index < -0.39 is 5.54 Å². The van der Waals surface area contributed by atoms with Crippen LogP contribution in [0.15, 0.2) is 24.3 Å². The van der Waals surface area contributed by atoms with E-state index in [4.69, 9.17) is 0 Å². The normalized spacial score (nSPS) is 26.1. The Morgan fingerprint density at radius 1 is 1.15 bits per heavy atom. The van der Waals surface area contributed by atoms with Crippen molar-refractivity contribution in [3.8, 4) is 0 Å². The number of rotatable bonds is 4. The third kappa shape index (κ3) is 4.18. The lowest BCUT2D eigenvalue weighted by Crippen LogP contribution is -2.49. The van der Waals surface area contributed by atoms with Gasteiger partial charge < -0.3 is 5.32 Å². The third-order valence-corrected chi connectivity index (χ3v) is 6.03. The lowest BCUT2D eigenvalue weighted by molar-refractivity contribution is -0.134. The number of carbonyl (C=O) groups excluding carboxylic acids is 2. The SMILES string of the molecule is CC1CCC2(CC1)NC(=O)N(CN(C)Cc1ccc(C(C)(C)C)cc1)C2=O. The van der Waals surface area contributed by atoms with E-state index in [-0.39, 0.29) is 17.4 Å². The second kappa shape index (κ2) is 7.27. The fourth-order valence-electron chi connectivity index (χ4n) is 4.11. The van der Waals surface area contributed by atoms with Gasteiger partial charge in [0, 0.05) is 6.54 Å². The Balaban J connectivity index is 1.61. The fourth-order valence-corrected chi connectivity index (χ4v) is 4.11. The summed E-state index contributed by atoms with van der Waals surface area (Å²) in [7, 11) is 1.95. The highest BCUT2D eigenvalue weighted by Gasteiger charge is 2.52. The number of hydrogen-bond acceptors (Lipinski definition) is 3. The van der Waals surface area contributed by atoms with E-state index in [0.717, 1.165) is 25.7 Å². The van der Waals surface area contributed by atoms with Crippen molar-refractivity contribution in [2.75, 3.05) is 13.7 Å². The molecule has 1 saturated heterocycles. The van der Waals surface area contributed by atoms with Crippen LogP contribution in [0.5, 0.6) is 0 Å². The lowest BCUT2D eigenvalue weighted by Gasteiger charge is -2.33. The smallest absolute Gasteiger partial charge is 0.323 e. The summed E-state index contributed by atoms with van der Waals surface area (Å²) in [6.45, 7) is 9.84. The highest BCUT2D eigenvalue weighted by atomic mass is 16.2. The van der Waals surface area contributed by atoms with E-state index in [2.05, 4.69) is 57.3 Å². The number of imide groups is 1. The molecule has 3 amide bonds. The minimum absolute atomic E-state index is 0.0469. The summed E-state index contributed by atoms with van der Waals surface area (Å²) in [5, 5.41) is 2.99. The van der Waals surface area contributed by atoms with E-state index in [1.165, 1.54) is 16.0 Å². The Hall–Kier alpha value is -1.88. The molecule has 1 aromatic carbocycles. The van der Waals surface area contributed by atoms with Crippen LogP contribution < -0.4 is 5.32 Å². The molecule has 27 heavy (non-hydrogen) atoms. The number of hydrogen-bond donors (Lipinski definition) is 1. The van der Waals surface area contributed by atoms with E-state index in [1.54, 1.807) is 0 Å². The molecule has 148 valence electrons. The topological polar surface area (TPSA) is 52.7 Å². The van der Waals surface area contributed by atoms with Gasteiger partial charge in [-0.1, -0.05) is 52.0 Å². The first-order valence-corrected chi connectivity index (χ1v) is 10.0. The summed E-state index contributed by atoms with van der Waals surface area (Å²) in [5.74, 6) is 0.586. The minimum atomic E-state index is -0.654. The van der Waals surface area contributed by atoms with Crippen LogP contribution in [-0.2, 0) is 16.8 Å². The maximum atomic E-state index is 13.0. The van der Waals surface area contributed by atoms with Crippen LogP contribution >= 0.6 is 0 Å². The van der Waals surface area contributed by atoms with Gasteiger partial charge in [0.05, 0.1) is 6.67 Å². The molecular formula is C22H33N3O2. The van der Waals surface area contributed by atoms with Crippen molar-refractivity contribution in [3.05, 3.63) is 35.4 Å². The predicted octanol–water partition coefficient (Wildman–Crippen LogP) is 3.87. The zero-order valence-corrected chi connectivity index (χ0v) is 17.3. The van der Waals surface area contributed by atoms with Gasteiger partial charge in [0.2, 0.25) is 0 Å². The molecular weight excluding hydrogens is 338 g/mol. The van der Waals surface area contributed by atoms with E-state index in [0.29, 0.717) is 19.1 Å². The second-order valence-electron chi connectivity index (χ2n) is 9.53. The maximum absolute atomic E-state index is 13.0. The minimum Gasteiger partial charge on any atom is -0.323 e. The van der Waals surface area contributed by atoms with Gasteiger partial charge in [-0.2, -0.15) is 0 Å². The average molecular weight is 372 g/mol. The third-order valence-electron chi connectivity index (χ3n) is 6.03. The summed E-state index contributed by atoms with van der Waals surface area (Å²) in [4.78, 5) is 28.8. The van der Waals surface area contributed by atoms with Gasteiger partial charge >= 0.3 is 6.03 Å². The number of carbonyl (C=O) groups is 2. The summed E-state index contributed by atoms with van der Waals surface area (Å²) < 4.78 is 0. The summed E-state index contributed by atoms with van der Waals surface area (Å²) >= 11 is 0. The van der Waals surface area contributed by atoms with Crippen molar-refractivity contribution >= 4 is 11.9 Å². The van der Waals surface area contributed by atoms with Crippen molar-refractivity contribution in [1.29, 1.82) is 0 Å². The molecule has 2 fully saturated rings. The number of amides is 3. The molecule has 0 unspecified atom stereocenters. The van der Waals surface area contributed by atoms with E-state index in [1.807, 2.05) is 11.9 Å². The van der Waals surface area contributed by atoms with Crippen LogP contribution in [0.25, 0.3) is 0 Å². The van der Waals surface area contributed by atoms with Crippen LogP contribution in [-0.4, -0.2) is 41.0 Å². The number of benzene rings is 1. The molecule has 0 atom stereocenters. The maximum Gasteiger partial charge on any atom is 0.326 e. The monoisotopic (exact) mass is 371 g/mol. The van der Waals surface area contributed by atoms with Gasteiger partial charge in [0.15, 0.2) is 0 Å². The molecule has 0 aromatic heterocycles. The van der Waals surface area contributed by atoms with Crippen molar-refractivity contribution in [2.45, 2.75) is 70.9 Å². The zero-order chi connectivity index (χ0) is 19.8. The molecule has 5 nitrogen and oxygen atoms in total. The van der Waals surface area contributed by atoms with E-state index in [9.17, 15) is 9.59 Å². The molecule has 1 N–H and O–H groups in total. The summed E-state index contributed by atoms with van der Waals surface area (Å²) in [6, 6.07) is 8.34. The highest BCUT2D eigenvalue weighted by Crippen LogP contribution is 2.36. The molecule has 5 heteroatoms. The van der Waals surface area contributed by atoms with Gasteiger partial charge in [-0.15, -0.1) is 0 Å². The molecule has 0 radical (unpaired) electrons. The highest BCUT2D eigenvalue weighted by molar-refractivity contribution is 6.07. The van der Waals surface area contributed by atoms with Crippen molar-refractivity contribution in [1.82, 2.24) is 15.1 Å². The molecule has 1 aromatic rings. The van der Waals surface area contributed by atoms with Gasteiger partial charge in [0.1, 0.15) is 5.54 Å².